The quantitative estimate of drug-likeness (QED) is 0.604. The van der Waals surface area contributed by atoms with E-state index in [1.54, 1.807) is 6.92 Å². The van der Waals surface area contributed by atoms with Crippen LogP contribution in [0.5, 0.6) is 5.88 Å². The number of aryl methyl sites for hydroxylation is 1. The molecular formula is C8H9N3O2. The second-order valence-electron chi connectivity index (χ2n) is 2.74. The summed E-state index contributed by atoms with van der Waals surface area (Å²) in [7, 11) is 0. The molecule has 1 aromatic heterocycles. The molecule has 1 amide bonds. The van der Waals surface area contributed by atoms with Gasteiger partial charge in [0.05, 0.1) is 12.2 Å². The fraction of sp³-hybridized carbons (Fsp3) is 0.375. The van der Waals surface area contributed by atoms with Gasteiger partial charge in [-0.05, 0) is 6.92 Å². The van der Waals surface area contributed by atoms with Crippen molar-refractivity contribution in [2.75, 3.05) is 13.2 Å². The van der Waals surface area contributed by atoms with E-state index in [2.05, 4.69) is 15.3 Å². The van der Waals surface area contributed by atoms with Crippen molar-refractivity contribution in [3.63, 3.8) is 0 Å². The van der Waals surface area contributed by atoms with E-state index in [0.717, 1.165) is 0 Å². The molecule has 0 bridgehead atoms. The Balaban J connectivity index is 2.55. The van der Waals surface area contributed by atoms with Gasteiger partial charge in [-0.1, -0.05) is 0 Å². The summed E-state index contributed by atoms with van der Waals surface area (Å²) in [4.78, 5) is 19.3. The number of carbonyl (C=O) groups excluding carboxylic acids is 1. The summed E-state index contributed by atoms with van der Waals surface area (Å²) in [6.45, 7) is 2.72. The molecule has 0 saturated heterocycles. The van der Waals surface area contributed by atoms with Crippen molar-refractivity contribution < 1.29 is 9.53 Å². The zero-order valence-electron chi connectivity index (χ0n) is 7.20. The van der Waals surface area contributed by atoms with Crippen LogP contribution in [0.1, 0.15) is 16.1 Å². The van der Waals surface area contributed by atoms with Gasteiger partial charge in [0.15, 0.2) is 0 Å². The van der Waals surface area contributed by atoms with Gasteiger partial charge in [-0.25, -0.2) is 9.97 Å². The maximum Gasteiger partial charge on any atom is 0.258 e. The van der Waals surface area contributed by atoms with Crippen molar-refractivity contribution in [2.24, 2.45) is 0 Å². The average molecular weight is 179 g/mol. The molecule has 1 N–H and O–H groups in total. The first-order valence-corrected chi connectivity index (χ1v) is 4.01. The van der Waals surface area contributed by atoms with Crippen molar-refractivity contribution in [3.8, 4) is 5.88 Å². The molecular weight excluding hydrogens is 170 g/mol. The number of rotatable bonds is 0. The molecule has 0 saturated carbocycles. The monoisotopic (exact) mass is 179 g/mol. The molecule has 5 nitrogen and oxygen atoms in total. The lowest BCUT2D eigenvalue weighted by Crippen LogP contribution is -2.25. The van der Waals surface area contributed by atoms with E-state index in [9.17, 15) is 4.79 Å². The fourth-order valence-corrected chi connectivity index (χ4v) is 1.22. The van der Waals surface area contributed by atoms with Crippen LogP contribution in [0.15, 0.2) is 6.33 Å². The van der Waals surface area contributed by atoms with Gasteiger partial charge in [-0.3, -0.25) is 4.79 Å². The number of hydrogen-bond acceptors (Lipinski definition) is 4. The van der Waals surface area contributed by atoms with Gasteiger partial charge in [-0.2, -0.15) is 0 Å². The maximum absolute atomic E-state index is 11.5. The first-order valence-electron chi connectivity index (χ1n) is 4.01. The van der Waals surface area contributed by atoms with Crippen LogP contribution >= 0.6 is 0 Å². The zero-order chi connectivity index (χ0) is 9.26. The van der Waals surface area contributed by atoms with Gasteiger partial charge < -0.3 is 10.1 Å². The predicted octanol–water partition coefficient (Wildman–Crippen LogP) is -0.0928. The number of amides is 1. The van der Waals surface area contributed by atoms with Crippen LogP contribution in [0, 0.1) is 6.92 Å². The van der Waals surface area contributed by atoms with Crippen molar-refractivity contribution in [1.29, 1.82) is 0 Å². The molecule has 0 atom stereocenters. The first kappa shape index (κ1) is 7.97. The SMILES string of the molecule is Cc1ncnc2c1C(=O)NCCO2. The number of nitrogens with zero attached hydrogens (tertiary/aromatic N) is 2. The molecule has 68 valence electrons. The predicted molar refractivity (Wildman–Crippen MR) is 44.6 cm³/mol. The van der Waals surface area contributed by atoms with E-state index in [-0.39, 0.29) is 5.91 Å². The second-order valence-corrected chi connectivity index (χ2v) is 2.74. The molecule has 1 aromatic rings. The molecule has 13 heavy (non-hydrogen) atoms. The van der Waals surface area contributed by atoms with Crippen molar-refractivity contribution in [1.82, 2.24) is 15.3 Å². The van der Waals surface area contributed by atoms with Crippen LogP contribution in [-0.4, -0.2) is 29.0 Å². The standard InChI is InChI=1S/C8H9N3O2/c1-5-6-7(12)9-2-3-13-8(6)11-4-10-5/h4H,2-3H2,1H3,(H,9,12). The van der Waals surface area contributed by atoms with E-state index in [0.29, 0.717) is 30.3 Å². The summed E-state index contributed by atoms with van der Waals surface area (Å²) in [6, 6.07) is 0. The Hall–Kier alpha value is -1.65. The van der Waals surface area contributed by atoms with Crippen molar-refractivity contribution in [3.05, 3.63) is 17.6 Å². The minimum Gasteiger partial charge on any atom is -0.475 e. The molecule has 0 spiro atoms. The van der Waals surface area contributed by atoms with Gasteiger partial charge in [0.25, 0.3) is 5.91 Å². The molecule has 2 heterocycles. The van der Waals surface area contributed by atoms with E-state index in [4.69, 9.17) is 4.74 Å². The van der Waals surface area contributed by atoms with Gasteiger partial charge in [0.2, 0.25) is 5.88 Å². The lowest BCUT2D eigenvalue weighted by atomic mass is 10.2. The highest BCUT2D eigenvalue weighted by atomic mass is 16.5. The molecule has 1 aliphatic heterocycles. The van der Waals surface area contributed by atoms with E-state index >= 15 is 0 Å². The summed E-state index contributed by atoms with van der Waals surface area (Å²) in [6.07, 6.45) is 1.40. The first-order chi connectivity index (χ1) is 6.29. The average Bonchev–Trinajstić information content (AvgIpc) is 2.29. The lowest BCUT2D eigenvalue weighted by Gasteiger charge is -2.04. The molecule has 0 radical (unpaired) electrons. The number of nitrogens with one attached hydrogen (secondary N) is 1. The summed E-state index contributed by atoms with van der Waals surface area (Å²) >= 11 is 0. The third kappa shape index (κ3) is 1.32. The second kappa shape index (κ2) is 3.01. The van der Waals surface area contributed by atoms with Crippen LogP contribution in [-0.2, 0) is 0 Å². The fourth-order valence-electron chi connectivity index (χ4n) is 1.22. The lowest BCUT2D eigenvalue weighted by molar-refractivity contribution is 0.0956. The highest BCUT2D eigenvalue weighted by Gasteiger charge is 2.20. The third-order valence-electron chi connectivity index (χ3n) is 1.86. The topological polar surface area (TPSA) is 64.1 Å². The Kier molecular flexibility index (Phi) is 1.84. The van der Waals surface area contributed by atoms with Crippen LogP contribution < -0.4 is 10.1 Å². The number of fused-ring (bicyclic) bond motifs is 1. The molecule has 0 unspecified atom stereocenters. The molecule has 0 fully saturated rings. The maximum atomic E-state index is 11.5. The molecule has 2 rings (SSSR count). The smallest absolute Gasteiger partial charge is 0.258 e. The Bertz CT molecular complexity index is 351. The minimum atomic E-state index is -0.161. The Morgan fingerprint density at radius 1 is 1.54 bits per heavy atom. The normalized spacial score (nSPS) is 15.3. The van der Waals surface area contributed by atoms with Crippen LogP contribution in [0.3, 0.4) is 0 Å². The summed E-state index contributed by atoms with van der Waals surface area (Å²) in [5, 5.41) is 2.70. The number of aromatic nitrogens is 2. The number of carbonyl (C=O) groups is 1. The largest absolute Gasteiger partial charge is 0.475 e. The van der Waals surface area contributed by atoms with Crippen molar-refractivity contribution in [2.45, 2.75) is 6.92 Å². The van der Waals surface area contributed by atoms with Crippen LogP contribution in [0.25, 0.3) is 0 Å². The van der Waals surface area contributed by atoms with Gasteiger partial charge >= 0.3 is 0 Å². The van der Waals surface area contributed by atoms with Gasteiger partial charge in [-0.15, -0.1) is 0 Å². The molecule has 0 aliphatic carbocycles. The number of hydrogen-bond donors (Lipinski definition) is 1. The molecule has 5 heteroatoms. The summed E-state index contributed by atoms with van der Waals surface area (Å²) < 4.78 is 5.27. The minimum absolute atomic E-state index is 0.161. The molecule has 1 aliphatic rings. The van der Waals surface area contributed by atoms with Crippen LogP contribution in [0.2, 0.25) is 0 Å². The highest BCUT2D eigenvalue weighted by Crippen LogP contribution is 2.18. The summed E-state index contributed by atoms with van der Waals surface area (Å²) in [5.74, 6) is 0.216. The van der Waals surface area contributed by atoms with E-state index in [1.165, 1.54) is 6.33 Å². The van der Waals surface area contributed by atoms with E-state index < -0.39 is 0 Å². The Morgan fingerprint density at radius 3 is 3.23 bits per heavy atom. The Labute approximate surface area is 75.1 Å². The van der Waals surface area contributed by atoms with Gasteiger partial charge in [0.1, 0.15) is 18.5 Å². The van der Waals surface area contributed by atoms with Crippen LogP contribution in [0.4, 0.5) is 0 Å². The third-order valence-corrected chi connectivity index (χ3v) is 1.86. The Morgan fingerprint density at radius 2 is 2.38 bits per heavy atom. The van der Waals surface area contributed by atoms with E-state index in [1.807, 2.05) is 0 Å². The summed E-state index contributed by atoms with van der Waals surface area (Å²) in [5.41, 5.74) is 1.09. The van der Waals surface area contributed by atoms with Gasteiger partial charge in [0, 0.05) is 0 Å². The molecule has 0 aromatic carbocycles. The zero-order valence-corrected chi connectivity index (χ0v) is 7.20. The number of ether oxygens (including phenoxy) is 1. The van der Waals surface area contributed by atoms with Crippen molar-refractivity contribution >= 4 is 5.91 Å². The highest BCUT2D eigenvalue weighted by molar-refractivity contribution is 5.97.